The van der Waals surface area contributed by atoms with E-state index in [1.165, 1.54) is 45.5 Å². The molecule has 0 atom stereocenters. The molecule has 5 nitrogen and oxygen atoms in total. The van der Waals surface area contributed by atoms with Crippen LogP contribution in [0.1, 0.15) is 46.2 Å². The van der Waals surface area contributed by atoms with Gasteiger partial charge in [0.05, 0.1) is 13.2 Å². The number of anilines is 3. The summed E-state index contributed by atoms with van der Waals surface area (Å²) in [6, 6.07) is 32.8. The van der Waals surface area contributed by atoms with Crippen LogP contribution < -0.4 is 4.90 Å². The average Bonchev–Trinajstić information content (AvgIpc) is 3.06. The quantitative estimate of drug-likeness (QED) is 0.0729. The molecule has 45 heavy (non-hydrogen) atoms. The molecule has 5 heteroatoms. The minimum absolute atomic E-state index is 0.358. The Kier molecular flexibility index (Phi) is 12.3. The highest BCUT2D eigenvalue weighted by atomic mass is 16.5. The summed E-state index contributed by atoms with van der Waals surface area (Å²) >= 11 is 0. The predicted molar refractivity (Wildman–Crippen MR) is 183 cm³/mol. The predicted octanol–water partition coefficient (Wildman–Crippen LogP) is 8.88. The van der Waals surface area contributed by atoms with Gasteiger partial charge in [-0.2, -0.15) is 0 Å². The second-order valence-corrected chi connectivity index (χ2v) is 11.3. The van der Waals surface area contributed by atoms with E-state index in [0.717, 1.165) is 55.6 Å². The van der Waals surface area contributed by atoms with Gasteiger partial charge in [0.25, 0.3) is 0 Å². The fourth-order valence-electron chi connectivity index (χ4n) is 5.22. The summed E-state index contributed by atoms with van der Waals surface area (Å²) in [6.45, 7) is 11.8. The Labute approximate surface area is 267 Å². The van der Waals surface area contributed by atoms with Gasteiger partial charge >= 0.3 is 11.9 Å². The summed E-state index contributed by atoms with van der Waals surface area (Å²) in [7, 11) is 0. The molecule has 4 aromatic carbocycles. The molecule has 0 spiro atoms. The maximum Gasteiger partial charge on any atom is 0.330 e. The van der Waals surface area contributed by atoms with Crippen molar-refractivity contribution >= 4 is 29.0 Å². The number of ether oxygens (including phenoxy) is 2. The van der Waals surface area contributed by atoms with Crippen molar-refractivity contribution in [2.24, 2.45) is 0 Å². The number of nitrogens with zero attached hydrogens (tertiary/aromatic N) is 1. The van der Waals surface area contributed by atoms with Crippen LogP contribution in [0.3, 0.4) is 0 Å². The van der Waals surface area contributed by atoms with Crippen molar-refractivity contribution in [3.05, 3.63) is 150 Å². The average molecular weight is 602 g/mol. The third-order valence-corrected chi connectivity index (χ3v) is 7.64. The zero-order chi connectivity index (χ0) is 32.0. The molecule has 0 unspecified atom stereocenters. The van der Waals surface area contributed by atoms with E-state index in [1.54, 1.807) is 0 Å². The van der Waals surface area contributed by atoms with Gasteiger partial charge < -0.3 is 14.4 Å². The number of aryl methyl sites for hydroxylation is 6. The molecule has 0 aliphatic rings. The number of carbonyl (C=O) groups is 2. The minimum atomic E-state index is -0.398. The molecular weight excluding hydrogens is 558 g/mol. The Balaban J connectivity index is 1.46. The molecule has 4 aromatic rings. The third kappa shape index (κ3) is 10.4. The van der Waals surface area contributed by atoms with Crippen LogP contribution in [0.4, 0.5) is 17.1 Å². The highest BCUT2D eigenvalue weighted by molar-refractivity contribution is 5.81. The zero-order valence-corrected chi connectivity index (χ0v) is 26.5. The first kappa shape index (κ1) is 33.0. The molecule has 0 heterocycles. The van der Waals surface area contributed by atoms with E-state index < -0.39 is 11.9 Å². The Morgan fingerprint density at radius 3 is 1.31 bits per heavy atom. The fourth-order valence-corrected chi connectivity index (χ4v) is 5.22. The van der Waals surface area contributed by atoms with Crippen LogP contribution in [0.2, 0.25) is 0 Å². The van der Waals surface area contributed by atoms with Crippen molar-refractivity contribution in [1.29, 1.82) is 0 Å². The van der Waals surface area contributed by atoms with E-state index in [9.17, 15) is 9.59 Å². The maximum atomic E-state index is 11.4. The summed E-state index contributed by atoms with van der Waals surface area (Å²) in [4.78, 5) is 25.1. The van der Waals surface area contributed by atoms with Crippen molar-refractivity contribution in [1.82, 2.24) is 0 Å². The van der Waals surface area contributed by atoms with Gasteiger partial charge in [-0.3, -0.25) is 0 Å². The molecule has 0 aliphatic heterocycles. The molecule has 0 saturated heterocycles. The van der Waals surface area contributed by atoms with Crippen molar-refractivity contribution < 1.29 is 19.1 Å². The highest BCUT2D eigenvalue weighted by Crippen LogP contribution is 2.35. The van der Waals surface area contributed by atoms with Crippen LogP contribution in [0.25, 0.3) is 0 Å². The van der Waals surface area contributed by atoms with Gasteiger partial charge in [-0.1, -0.05) is 78.9 Å². The van der Waals surface area contributed by atoms with E-state index in [2.05, 4.69) is 123 Å². The topological polar surface area (TPSA) is 55.8 Å². The van der Waals surface area contributed by atoms with Crippen LogP contribution in [0.15, 0.2) is 116 Å². The van der Waals surface area contributed by atoms with Crippen LogP contribution in [0.5, 0.6) is 0 Å². The normalized spacial score (nSPS) is 10.6. The number of hydrogen-bond donors (Lipinski definition) is 0. The summed E-state index contributed by atoms with van der Waals surface area (Å²) < 4.78 is 10.3. The molecule has 0 aromatic heterocycles. The first-order chi connectivity index (χ1) is 21.8. The van der Waals surface area contributed by atoms with Gasteiger partial charge in [0.1, 0.15) is 0 Å². The molecule has 0 N–H and O–H groups in total. The van der Waals surface area contributed by atoms with Gasteiger partial charge in [0.15, 0.2) is 0 Å². The highest BCUT2D eigenvalue weighted by Gasteiger charge is 2.13. The van der Waals surface area contributed by atoms with Crippen LogP contribution in [0, 0.1) is 13.8 Å². The van der Waals surface area contributed by atoms with E-state index in [0.29, 0.717) is 13.2 Å². The van der Waals surface area contributed by atoms with Gasteiger partial charge in [-0.15, -0.1) is 0 Å². The Morgan fingerprint density at radius 2 is 0.911 bits per heavy atom. The van der Waals surface area contributed by atoms with Crippen LogP contribution in [-0.4, -0.2) is 25.2 Å². The molecule has 232 valence electrons. The standard InChI is InChI=1S/C40H43NO4/c1-5-39(42)44-25-7-9-33-27-34(10-8-26-45-40(43)6-2)29-35(28-33)16-15-32-17-23-38(24-18-32)41(36-19-11-30(3)12-20-36)37-21-13-31(4)14-22-37/h5-6,11-14,17-24,27-29H,1-2,7-10,15-16,25-26H2,3-4H3. The third-order valence-electron chi connectivity index (χ3n) is 7.64. The SMILES string of the molecule is C=CC(=O)OCCCc1cc(CCCOC(=O)C=C)cc(CCc2ccc(N(c3ccc(C)cc3)c3ccc(C)cc3)cc2)c1. The number of hydrogen-bond acceptors (Lipinski definition) is 5. The monoisotopic (exact) mass is 601 g/mol. The summed E-state index contributed by atoms with van der Waals surface area (Å²) in [6.07, 6.45) is 7.26. The minimum Gasteiger partial charge on any atom is -0.463 e. The molecular formula is C40H43NO4. The molecule has 0 fully saturated rings. The smallest absolute Gasteiger partial charge is 0.330 e. The number of carbonyl (C=O) groups excluding carboxylic acids is 2. The molecule has 0 bridgehead atoms. The fraction of sp³-hybridized carbons (Fsp3) is 0.250. The molecule has 0 amide bonds. The van der Waals surface area contributed by atoms with Crippen LogP contribution in [-0.2, 0) is 44.7 Å². The van der Waals surface area contributed by atoms with Crippen molar-refractivity contribution in [2.45, 2.75) is 52.4 Å². The lowest BCUT2D eigenvalue weighted by Crippen LogP contribution is -2.10. The lowest BCUT2D eigenvalue weighted by atomic mass is 9.96. The summed E-state index contributed by atoms with van der Waals surface area (Å²) in [5, 5.41) is 0. The van der Waals surface area contributed by atoms with Crippen molar-refractivity contribution in [3.63, 3.8) is 0 Å². The van der Waals surface area contributed by atoms with Gasteiger partial charge in [0, 0.05) is 29.2 Å². The van der Waals surface area contributed by atoms with Crippen molar-refractivity contribution in [2.75, 3.05) is 18.1 Å². The summed E-state index contributed by atoms with van der Waals surface area (Å²) in [5.74, 6) is -0.796. The van der Waals surface area contributed by atoms with Gasteiger partial charge in [-0.25, -0.2) is 9.59 Å². The Morgan fingerprint density at radius 1 is 0.556 bits per heavy atom. The first-order valence-corrected chi connectivity index (χ1v) is 15.6. The second kappa shape index (κ2) is 16.8. The molecule has 4 rings (SSSR count). The zero-order valence-electron chi connectivity index (χ0n) is 26.5. The lowest BCUT2D eigenvalue weighted by molar-refractivity contribution is -0.138. The molecule has 0 radical (unpaired) electrons. The molecule has 0 aliphatic carbocycles. The van der Waals surface area contributed by atoms with Crippen molar-refractivity contribution in [3.8, 4) is 0 Å². The maximum absolute atomic E-state index is 11.4. The van der Waals surface area contributed by atoms with E-state index in [4.69, 9.17) is 9.47 Å². The Hall–Kier alpha value is -4.90. The van der Waals surface area contributed by atoms with E-state index in [1.807, 2.05) is 0 Å². The first-order valence-electron chi connectivity index (χ1n) is 15.6. The number of benzene rings is 4. The second-order valence-electron chi connectivity index (χ2n) is 11.3. The van der Waals surface area contributed by atoms with Gasteiger partial charge in [0.2, 0.25) is 0 Å². The summed E-state index contributed by atoms with van der Waals surface area (Å²) in [5.41, 5.74) is 10.8. The number of rotatable bonds is 16. The van der Waals surface area contributed by atoms with Crippen LogP contribution >= 0.6 is 0 Å². The van der Waals surface area contributed by atoms with E-state index >= 15 is 0 Å². The van der Waals surface area contributed by atoms with Gasteiger partial charge in [-0.05, 0) is 111 Å². The Bertz CT molecular complexity index is 1480. The lowest BCUT2D eigenvalue weighted by Gasteiger charge is -2.26. The number of esters is 2. The molecule has 0 saturated carbocycles. The largest absolute Gasteiger partial charge is 0.463 e. The van der Waals surface area contributed by atoms with E-state index in [-0.39, 0.29) is 0 Å².